The van der Waals surface area contributed by atoms with Crippen molar-refractivity contribution in [3.05, 3.63) is 99.4 Å². The quantitative estimate of drug-likeness (QED) is 0.0627. The van der Waals surface area contributed by atoms with Crippen LogP contribution in [0.25, 0.3) is 10.4 Å². The third-order valence-electron chi connectivity index (χ3n) is 9.28. The number of anilines is 2. The van der Waals surface area contributed by atoms with E-state index in [1.54, 1.807) is 20.8 Å². The number of Topliss-reactive ketones (excluding diaryl/α,β-unsaturated/α-hetero) is 1. The molecule has 1 aromatic heterocycles. The van der Waals surface area contributed by atoms with Crippen LogP contribution in [0.1, 0.15) is 99.5 Å². The SMILES string of the molecule is CC.CSCc1cccc(N)c1.Cc1cccc(-c2sc(C(=O)OC(C)(C)C)c(OCC(=O)O)c2Cl)c1.O=C1CCN(CCC(=O)Nc2cccc(CSN3CCCCC3)c2)CC1. The second-order valence-corrected chi connectivity index (χ2v) is 19.1. The van der Waals surface area contributed by atoms with E-state index in [4.69, 9.17) is 31.9 Å². The van der Waals surface area contributed by atoms with E-state index >= 15 is 0 Å². The molecule has 11 nitrogen and oxygen atoms in total. The lowest BCUT2D eigenvalue weighted by atomic mass is 10.1. The number of nitrogen functional groups attached to an aromatic ring is 1. The predicted molar refractivity (Wildman–Crippen MR) is 264 cm³/mol. The molecule has 344 valence electrons. The number of aliphatic carboxylic acids is 1. The minimum atomic E-state index is -1.16. The number of ketones is 1. The molecule has 4 N–H and O–H groups in total. The van der Waals surface area contributed by atoms with E-state index < -0.39 is 24.1 Å². The van der Waals surface area contributed by atoms with Gasteiger partial charge < -0.3 is 30.5 Å². The number of thioether (sulfide) groups is 1. The number of carbonyl (C=O) groups excluding carboxylic acids is 3. The molecule has 2 saturated heterocycles. The van der Waals surface area contributed by atoms with E-state index in [0.29, 0.717) is 29.9 Å². The van der Waals surface area contributed by atoms with E-state index in [2.05, 4.69) is 39.0 Å². The number of rotatable bonds is 14. The number of esters is 1. The number of hydrogen-bond donors (Lipinski definition) is 3. The van der Waals surface area contributed by atoms with Gasteiger partial charge >= 0.3 is 11.9 Å². The zero-order valence-electron chi connectivity index (χ0n) is 37.8. The summed E-state index contributed by atoms with van der Waals surface area (Å²) in [6.45, 7) is 15.3. The molecule has 0 radical (unpaired) electrons. The maximum absolute atomic E-state index is 12.5. The van der Waals surface area contributed by atoms with Gasteiger partial charge in [-0.15, -0.1) is 11.3 Å². The minimum Gasteiger partial charge on any atom is -0.479 e. The summed E-state index contributed by atoms with van der Waals surface area (Å²) >= 11 is 11.2. The van der Waals surface area contributed by atoms with Crippen LogP contribution >= 0.6 is 46.6 Å². The molecule has 2 aliphatic heterocycles. The van der Waals surface area contributed by atoms with Crippen molar-refractivity contribution in [2.75, 3.05) is 56.6 Å². The highest BCUT2D eigenvalue weighted by Crippen LogP contribution is 2.46. The first-order valence-corrected chi connectivity index (χ1v) is 24.9. The lowest BCUT2D eigenvalue weighted by Crippen LogP contribution is -2.35. The van der Waals surface area contributed by atoms with Gasteiger partial charge in [-0.1, -0.05) is 97.9 Å². The Balaban J connectivity index is 0.000000267. The Morgan fingerprint density at radius 3 is 2.17 bits per heavy atom. The Labute approximate surface area is 391 Å². The van der Waals surface area contributed by atoms with Crippen LogP contribution < -0.4 is 15.8 Å². The highest BCUT2D eigenvalue weighted by atomic mass is 35.5. The molecule has 63 heavy (non-hydrogen) atoms. The van der Waals surface area contributed by atoms with Gasteiger partial charge in [0.15, 0.2) is 17.2 Å². The van der Waals surface area contributed by atoms with Crippen molar-refractivity contribution in [2.45, 2.75) is 97.2 Å². The van der Waals surface area contributed by atoms with Gasteiger partial charge in [-0.2, -0.15) is 11.8 Å². The summed E-state index contributed by atoms with van der Waals surface area (Å²) in [7, 11) is 0. The number of nitrogens with one attached hydrogen (secondary N) is 1. The number of carboxylic acids is 1. The Hall–Kier alpha value is -4.05. The van der Waals surface area contributed by atoms with E-state index in [-0.39, 0.29) is 21.6 Å². The van der Waals surface area contributed by atoms with Crippen molar-refractivity contribution in [3.8, 4) is 16.2 Å². The number of thiophene rings is 1. The third-order valence-corrected chi connectivity index (χ3v) is 12.8. The largest absolute Gasteiger partial charge is 0.479 e. The maximum atomic E-state index is 12.5. The summed E-state index contributed by atoms with van der Waals surface area (Å²) < 4.78 is 13.1. The molecule has 2 fully saturated rings. The monoisotopic (exact) mass is 940 g/mol. The summed E-state index contributed by atoms with van der Waals surface area (Å²) in [6, 6.07) is 23.8. The number of nitrogens with two attached hydrogens (primary N) is 1. The molecule has 0 atom stereocenters. The third kappa shape index (κ3) is 20.1. The number of benzene rings is 3. The van der Waals surface area contributed by atoms with E-state index in [9.17, 15) is 19.2 Å². The fourth-order valence-corrected chi connectivity index (χ4v) is 9.33. The summed E-state index contributed by atoms with van der Waals surface area (Å²) in [5.74, 6) is 0.664. The molecule has 3 heterocycles. The van der Waals surface area contributed by atoms with Crippen molar-refractivity contribution in [2.24, 2.45) is 0 Å². The number of ether oxygens (including phenoxy) is 2. The first kappa shape index (κ1) is 53.3. The Morgan fingerprint density at radius 1 is 0.905 bits per heavy atom. The number of carboxylic acid groups (broad SMARTS) is 1. The molecule has 0 spiro atoms. The van der Waals surface area contributed by atoms with Crippen molar-refractivity contribution in [1.29, 1.82) is 0 Å². The van der Waals surface area contributed by atoms with Gasteiger partial charge in [0.05, 0.1) is 4.88 Å². The van der Waals surface area contributed by atoms with Gasteiger partial charge in [-0.25, -0.2) is 9.59 Å². The molecule has 4 aromatic rings. The first-order chi connectivity index (χ1) is 30.1. The predicted octanol–water partition coefficient (Wildman–Crippen LogP) is 11.3. The van der Waals surface area contributed by atoms with Crippen molar-refractivity contribution < 1.29 is 33.8 Å². The Kier molecular flexibility index (Phi) is 23.7. The number of amides is 1. The molecule has 0 saturated carbocycles. The number of carbonyl (C=O) groups is 4. The van der Waals surface area contributed by atoms with Crippen LogP contribution in [-0.2, 0) is 30.6 Å². The summed E-state index contributed by atoms with van der Waals surface area (Å²) in [6.07, 6.45) is 7.76. The van der Waals surface area contributed by atoms with E-state index in [1.807, 2.05) is 99.1 Å². The molecule has 6 rings (SSSR count). The topological polar surface area (TPSA) is 152 Å². The Bertz CT molecular complexity index is 2060. The van der Waals surface area contributed by atoms with Crippen LogP contribution in [0.3, 0.4) is 0 Å². The van der Waals surface area contributed by atoms with Crippen LogP contribution in [0.4, 0.5) is 11.4 Å². The van der Waals surface area contributed by atoms with E-state index in [1.165, 1.54) is 43.5 Å². The molecule has 0 unspecified atom stereocenters. The zero-order chi connectivity index (χ0) is 46.4. The normalized spacial score (nSPS) is 14.1. The minimum absolute atomic E-state index is 0.0415. The summed E-state index contributed by atoms with van der Waals surface area (Å²) in [5.41, 5.74) is 11.0. The van der Waals surface area contributed by atoms with E-state index in [0.717, 1.165) is 65.0 Å². The van der Waals surface area contributed by atoms with Gasteiger partial charge in [-0.3, -0.25) is 13.9 Å². The van der Waals surface area contributed by atoms with Crippen LogP contribution in [0.5, 0.6) is 5.75 Å². The standard InChI is InChI=1S/C20H29N3O2S.C18H19ClO5S.C8H11NS.C2H6/c24-19-7-12-22(13-8-19)14-9-20(25)21-18-6-4-5-17(15-18)16-26-23-10-2-1-3-11-23;1-10-6-5-7-11(8-10)15-13(19)14(23-9-12(20)21)16(25-15)17(22)24-18(2,3)4;1-10-6-7-3-2-4-8(9)5-7;1-2/h4-6,15H,1-3,7-14,16H2,(H,21,25);5-8H,9H2,1-4H3,(H,20,21);2-5H,6,9H2,1H3;1-2H3. The first-order valence-electron chi connectivity index (χ1n) is 21.4. The lowest BCUT2D eigenvalue weighted by molar-refractivity contribution is -0.139. The maximum Gasteiger partial charge on any atom is 0.352 e. The van der Waals surface area contributed by atoms with Crippen LogP contribution in [0.15, 0.2) is 72.8 Å². The average molecular weight is 942 g/mol. The Morgan fingerprint density at radius 2 is 1.56 bits per heavy atom. The van der Waals surface area contributed by atoms with Gasteiger partial charge in [0.2, 0.25) is 5.91 Å². The molecule has 0 aliphatic carbocycles. The number of piperidine rings is 2. The number of likely N-dealkylation sites (tertiary alicyclic amines) is 1. The number of nitrogens with zero attached hydrogens (tertiary/aromatic N) is 2. The zero-order valence-corrected chi connectivity index (χ0v) is 41.0. The van der Waals surface area contributed by atoms with Crippen LogP contribution in [0, 0.1) is 6.92 Å². The fourth-order valence-electron chi connectivity index (χ4n) is 6.35. The smallest absolute Gasteiger partial charge is 0.352 e. The summed E-state index contributed by atoms with van der Waals surface area (Å²) in [5, 5.41) is 12.1. The molecule has 15 heteroatoms. The van der Waals surface area contributed by atoms with Gasteiger partial charge in [-0.05, 0) is 87.7 Å². The molecular weight excluding hydrogens is 876 g/mol. The second kappa shape index (κ2) is 28.0. The molecule has 2 aliphatic rings. The highest BCUT2D eigenvalue weighted by molar-refractivity contribution is 7.97. The molecule has 0 bridgehead atoms. The summed E-state index contributed by atoms with van der Waals surface area (Å²) in [4.78, 5) is 49.8. The van der Waals surface area contributed by atoms with Crippen molar-refractivity contribution in [1.82, 2.24) is 9.21 Å². The van der Waals surface area contributed by atoms with Crippen LogP contribution in [-0.4, -0.2) is 89.1 Å². The second-order valence-electron chi connectivity index (χ2n) is 15.8. The highest BCUT2D eigenvalue weighted by Gasteiger charge is 2.29. The molecular formula is C48H65ClN4O7S3. The number of aryl methyl sites for hydroxylation is 1. The number of halogens is 1. The van der Waals surface area contributed by atoms with Gasteiger partial charge in [0, 0.05) is 74.9 Å². The fraction of sp³-hybridized carbons (Fsp3) is 0.458. The van der Waals surface area contributed by atoms with Gasteiger partial charge in [0.25, 0.3) is 0 Å². The molecule has 1 amide bonds. The van der Waals surface area contributed by atoms with Crippen LogP contribution in [0.2, 0.25) is 5.02 Å². The number of hydrogen-bond acceptors (Lipinski definition) is 12. The van der Waals surface area contributed by atoms with Gasteiger partial charge in [0.1, 0.15) is 16.4 Å². The lowest BCUT2D eigenvalue weighted by Gasteiger charge is -2.25. The van der Waals surface area contributed by atoms with Crippen molar-refractivity contribution in [3.63, 3.8) is 0 Å². The van der Waals surface area contributed by atoms with Crippen molar-refractivity contribution >= 4 is 81.7 Å². The molecule has 3 aromatic carbocycles. The average Bonchev–Trinajstić information content (AvgIpc) is 3.59.